The fourth-order valence-electron chi connectivity index (χ4n) is 4.01. The quantitative estimate of drug-likeness (QED) is 0.453. The van der Waals surface area contributed by atoms with Crippen LogP contribution in [0, 0.1) is 10.1 Å². The molecular formula is C25H25N3O4. The molecule has 0 spiro atoms. The van der Waals surface area contributed by atoms with Crippen LogP contribution in [0.5, 0.6) is 0 Å². The standard InChI is InChI=1S/C25H25N3O4/c29-25(26-23(19-7-3-1-4-8-19)20-9-5-2-6-10-20)24(27-15-17-32-18-16-27)21-11-13-22(14-12-21)28(30)31/h1-14,23-24H,15-18H2,(H,26,29)/t24-/m1/s1. The van der Waals surface area contributed by atoms with Gasteiger partial charge in [0.05, 0.1) is 24.2 Å². The third-order valence-electron chi connectivity index (χ3n) is 5.63. The van der Waals surface area contributed by atoms with Crippen molar-refractivity contribution in [1.82, 2.24) is 10.2 Å². The van der Waals surface area contributed by atoms with Crippen LogP contribution in [0.4, 0.5) is 5.69 Å². The number of nitrogens with one attached hydrogen (secondary N) is 1. The van der Waals surface area contributed by atoms with Gasteiger partial charge in [0.1, 0.15) is 6.04 Å². The molecule has 164 valence electrons. The SMILES string of the molecule is O=C(NC(c1ccccc1)c1ccccc1)[C@@H](c1ccc([N+](=O)[O-])cc1)N1CCOCC1. The molecule has 1 amide bonds. The van der Waals surface area contributed by atoms with E-state index in [0.717, 1.165) is 16.7 Å². The highest BCUT2D eigenvalue weighted by Crippen LogP contribution is 2.28. The van der Waals surface area contributed by atoms with Crippen LogP contribution in [0.15, 0.2) is 84.9 Å². The molecule has 3 aromatic carbocycles. The molecule has 4 rings (SSSR count). The first-order chi connectivity index (χ1) is 15.6. The van der Waals surface area contributed by atoms with Gasteiger partial charge in [-0.3, -0.25) is 19.8 Å². The predicted molar refractivity (Wildman–Crippen MR) is 121 cm³/mol. The zero-order valence-corrected chi connectivity index (χ0v) is 17.6. The summed E-state index contributed by atoms with van der Waals surface area (Å²) >= 11 is 0. The Bertz CT molecular complexity index is 996. The molecule has 0 aromatic heterocycles. The number of nitro groups is 1. The third kappa shape index (κ3) is 5.01. The molecule has 1 heterocycles. The van der Waals surface area contributed by atoms with Crippen molar-refractivity contribution in [2.24, 2.45) is 0 Å². The predicted octanol–water partition coefficient (Wildman–Crippen LogP) is 3.87. The maximum Gasteiger partial charge on any atom is 0.269 e. The van der Waals surface area contributed by atoms with Gasteiger partial charge in [-0.15, -0.1) is 0 Å². The van der Waals surface area contributed by atoms with E-state index in [4.69, 9.17) is 4.74 Å². The number of ether oxygens (including phenoxy) is 1. The van der Waals surface area contributed by atoms with E-state index in [9.17, 15) is 14.9 Å². The molecule has 1 atom stereocenters. The maximum atomic E-state index is 13.7. The van der Waals surface area contributed by atoms with Crippen molar-refractivity contribution in [2.75, 3.05) is 26.3 Å². The Morgan fingerprint density at radius 3 is 1.88 bits per heavy atom. The second kappa shape index (κ2) is 10.2. The van der Waals surface area contributed by atoms with Crippen molar-refractivity contribution in [3.8, 4) is 0 Å². The number of hydrogen-bond donors (Lipinski definition) is 1. The van der Waals surface area contributed by atoms with Gasteiger partial charge in [0.25, 0.3) is 5.69 Å². The van der Waals surface area contributed by atoms with Crippen LogP contribution in [0.1, 0.15) is 28.8 Å². The molecule has 1 aliphatic heterocycles. The van der Waals surface area contributed by atoms with Gasteiger partial charge in [-0.25, -0.2) is 0 Å². The average Bonchev–Trinajstić information content (AvgIpc) is 2.85. The molecule has 1 saturated heterocycles. The number of nitrogens with zero attached hydrogens (tertiary/aromatic N) is 2. The van der Waals surface area contributed by atoms with Crippen molar-refractivity contribution in [3.05, 3.63) is 112 Å². The van der Waals surface area contributed by atoms with Crippen molar-refractivity contribution in [3.63, 3.8) is 0 Å². The van der Waals surface area contributed by atoms with E-state index in [1.165, 1.54) is 12.1 Å². The minimum absolute atomic E-state index is 0.00123. The first-order valence-electron chi connectivity index (χ1n) is 10.6. The van der Waals surface area contributed by atoms with Gasteiger partial charge in [0.15, 0.2) is 0 Å². The van der Waals surface area contributed by atoms with E-state index < -0.39 is 11.0 Å². The summed E-state index contributed by atoms with van der Waals surface area (Å²) in [7, 11) is 0. The first kappa shape index (κ1) is 21.7. The Hall–Kier alpha value is -3.55. The Morgan fingerprint density at radius 1 is 0.844 bits per heavy atom. The minimum atomic E-state index is -0.574. The summed E-state index contributed by atoms with van der Waals surface area (Å²) in [5.74, 6) is -0.154. The summed E-state index contributed by atoms with van der Waals surface area (Å²) in [5.41, 5.74) is 2.68. The minimum Gasteiger partial charge on any atom is -0.379 e. The number of morpholine rings is 1. The zero-order valence-electron chi connectivity index (χ0n) is 17.6. The number of non-ortho nitro benzene ring substituents is 1. The molecule has 0 bridgehead atoms. The molecule has 1 N–H and O–H groups in total. The van der Waals surface area contributed by atoms with Crippen molar-refractivity contribution < 1.29 is 14.5 Å². The molecule has 0 radical (unpaired) electrons. The smallest absolute Gasteiger partial charge is 0.269 e. The number of benzene rings is 3. The third-order valence-corrected chi connectivity index (χ3v) is 5.63. The number of carbonyl (C=O) groups is 1. The molecule has 0 saturated carbocycles. The average molecular weight is 431 g/mol. The van der Waals surface area contributed by atoms with Crippen LogP contribution in [0.2, 0.25) is 0 Å². The monoisotopic (exact) mass is 431 g/mol. The van der Waals surface area contributed by atoms with Crippen molar-refractivity contribution in [1.29, 1.82) is 0 Å². The largest absolute Gasteiger partial charge is 0.379 e. The zero-order chi connectivity index (χ0) is 22.3. The fourth-order valence-corrected chi connectivity index (χ4v) is 4.01. The molecule has 7 nitrogen and oxygen atoms in total. The van der Waals surface area contributed by atoms with Crippen molar-refractivity contribution >= 4 is 11.6 Å². The molecule has 32 heavy (non-hydrogen) atoms. The molecule has 7 heteroatoms. The Kier molecular flexibility index (Phi) is 6.89. The van der Waals surface area contributed by atoms with E-state index in [2.05, 4.69) is 10.2 Å². The Labute approximate surface area is 186 Å². The Morgan fingerprint density at radius 2 is 1.38 bits per heavy atom. The van der Waals surface area contributed by atoms with Crippen LogP contribution in [-0.4, -0.2) is 42.0 Å². The normalized spacial score (nSPS) is 15.3. The molecule has 0 unspecified atom stereocenters. The number of carbonyl (C=O) groups excluding carboxylic acids is 1. The lowest BCUT2D eigenvalue weighted by molar-refractivity contribution is -0.384. The van der Waals surface area contributed by atoms with Gasteiger partial charge in [-0.1, -0.05) is 72.8 Å². The first-order valence-corrected chi connectivity index (χ1v) is 10.6. The highest BCUT2D eigenvalue weighted by atomic mass is 16.6. The van der Waals surface area contributed by atoms with Crippen LogP contribution in [0.3, 0.4) is 0 Å². The van der Waals surface area contributed by atoms with E-state index >= 15 is 0 Å². The molecule has 1 fully saturated rings. The molecule has 0 aliphatic carbocycles. The summed E-state index contributed by atoms with van der Waals surface area (Å²) in [5, 5.41) is 14.3. The number of nitro benzene ring substituents is 1. The topological polar surface area (TPSA) is 84.7 Å². The van der Waals surface area contributed by atoms with E-state index in [1.54, 1.807) is 12.1 Å². The maximum absolute atomic E-state index is 13.7. The Balaban J connectivity index is 1.66. The van der Waals surface area contributed by atoms with Gasteiger partial charge in [0.2, 0.25) is 5.91 Å². The summed E-state index contributed by atoms with van der Waals surface area (Å²) in [6, 6.07) is 25.0. The summed E-state index contributed by atoms with van der Waals surface area (Å²) in [6.07, 6.45) is 0. The van der Waals surface area contributed by atoms with Crippen LogP contribution < -0.4 is 5.32 Å². The van der Waals surface area contributed by atoms with Gasteiger partial charge in [0, 0.05) is 25.2 Å². The van der Waals surface area contributed by atoms with Gasteiger partial charge >= 0.3 is 0 Å². The van der Waals surface area contributed by atoms with E-state index in [1.807, 2.05) is 60.7 Å². The lowest BCUT2D eigenvalue weighted by Gasteiger charge is -2.35. The number of rotatable bonds is 7. The van der Waals surface area contributed by atoms with Gasteiger partial charge in [-0.05, 0) is 16.7 Å². The lowest BCUT2D eigenvalue weighted by Crippen LogP contribution is -2.46. The van der Waals surface area contributed by atoms with Crippen LogP contribution >= 0.6 is 0 Å². The number of hydrogen-bond acceptors (Lipinski definition) is 5. The van der Waals surface area contributed by atoms with Gasteiger partial charge in [-0.2, -0.15) is 0 Å². The summed E-state index contributed by atoms with van der Waals surface area (Å²) in [4.78, 5) is 26.4. The van der Waals surface area contributed by atoms with Crippen molar-refractivity contribution in [2.45, 2.75) is 12.1 Å². The highest BCUT2D eigenvalue weighted by Gasteiger charge is 2.31. The fraction of sp³-hybridized carbons (Fsp3) is 0.240. The summed E-state index contributed by atoms with van der Waals surface area (Å²) < 4.78 is 5.47. The van der Waals surface area contributed by atoms with E-state index in [0.29, 0.717) is 26.3 Å². The molecular weight excluding hydrogens is 406 g/mol. The molecule has 3 aromatic rings. The highest BCUT2D eigenvalue weighted by molar-refractivity contribution is 5.84. The van der Waals surface area contributed by atoms with Crippen LogP contribution in [-0.2, 0) is 9.53 Å². The second-order valence-corrected chi connectivity index (χ2v) is 7.66. The van der Waals surface area contributed by atoms with Crippen LogP contribution in [0.25, 0.3) is 0 Å². The second-order valence-electron chi connectivity index (χ2n) is 7.66. The number of amides is 1. The lowest BCUT2D eigenvalue weighted by atomic mass is 9.97. The summed E-state index contributed by atoms with van der Waals surface area (Å²) in [6.45, 7) is 2.29. The molecule has 1 aliphatic rings. The van der Waals surface area contributed by atoms with E-state index in [-0.39, 0.29) is 17.6 Å². The van der Waals surface area contributed by atoms with Gasteiger partial charge < -0.3 is 10.1 Å².